The minimum absolute atomic E-state index is 0.489. The molecule has 0 unspecified atom stereocenters. The fraction of sp³-hybridized carbons (Fsp3) is 0.0308. The summed E-state index contributed by atoms with van der Waals surface area (Å²) >= 11 is 9.20. The van der Waals surface area contributed by atoms with E-state index in [2.05, 4.69) is 428 Å². The molecule has 0 aliphatic rings. The van der Waals surface area contributed by atoms with Gasteiger partial charge in [-0.1, -0.05) is 423 Å². The molecule has 27 rings (SSSR count). The van der Waals surface area contributed by atoms with E-state index in [1.54, 1.807) is 34.8 Å². The van der Waals surface area contributed by atoms with Crippen LogP contribution < -0.4 is 10.9 Å². The number of rotatable bonds is 11. The van der Waals surface area contributed by atoms with Crippen molar-refractivity contribution < 1.29 is 24.5 Å². The van der Waals surface area contributed by atoms with E-state index in [-0.39, 0.29) is 0 Å². The summed E-state index contributed by atoms with van der Waals surface area (Å²) in [5, 5.41) is 53.7. The molecule has 0 aliphatic heterocycles. The second-order valence-electron chi connectivity index (χ2n) is 35.9. The summed E-state index contributed by atoms with van der Waals surface area (Å²) in [5.41, 5.74) is 29.7. The van der Waals surface area contributed by atoms with Gasteiger partial charge >= 0.3 is 14.2 Å². The standard InChI is InChI=1S/C30H21BO2S.C25H18S.C19H14O.2C19H14S.C18H13BO2S/c32-31(33)25-13-7-12-23(16-25)26-18-24(21-10-5-2-6-11-21)19-28-27-17-22(20-8-3-1-4-9-20)14-15-29(27)34-30(26)28;1-17-7-4-8-18(15-17)19-9-5-10-20(16-19)21-12-6-13-23-22-11-2-3-14-24(22)26-25(21)23;1-13-6-4-7-14(12-13)15-9-5-10-17-16-8-2-3-11-18(16)20-19(15)17;1-13-5-4-6-14(11-13)15-9-10-19-17(12-15)16-7-2-3-8-18(16)20-19;1-13-9-11-14(12-10-13)15-6-4-7-17-16-5-2-3-8-18(16)20-19(15)17;20-19(21)13-6-3-5-12(11-13)14-8-4-9-16-15-7-1-2-10-17(15)22-18(14)16/h1-19,32-33H;2-16H,1H3;3*2-12H,1H3;1-11,20-21H. The van der Waals surface area contributed by atoms with Gasteiger partial charge in [-0.15, -0.1) is 56.7 Å². The summed E-state index contributed by atoms with van der Waals surface area (Å²) in [4.78, 5) is 0. The van der Waals surface area contributed by atoms with Crippen LogP contribution in [-0.4, -0.2) is 34.3 Å². The van der Waals surface area contributed by atoms with Crippen molar-refractivity contribution in [2.45, 2.75) is 27.7 Å². The molecule has 6 aromatic heterocycles. The summed E-state index contributed by atoms with van der Waals surface area (Å²) in [6.07, 6.45) is 0. The highest BCUT2D eigenvalue weighted by Crippen LogP contribution is 2.48. The Labute approximate surface area is 845 Å². The Kier molecular flexibility index (Phi) is 26.3. The quantitative estimate of drug-likeness (QED) is 0.0968. The maximum Gasteiger partial charge on any atom is 0.488 e. The smallest absolute Gasteiger partial charge is 0.455 e. The number of fused-ring (bicyclic) bond motifs is 18. The molecule has 21 aromatic carbocycles. The van der Waals surface area contributed by atoms with Crippen molar-refractivity contribution >= 4 is 205 Å². The number of para-hydroxylation sites is 2. The Hall–Kier alpha value is -15.5. The maximum atomic E-state index is 9.75. The Bertz CT molecular complexity index is 9320. The van der Waals surface area contributed by atoms with Gasteiger partial charge in [0.1, 0.15) is 11.2 Å². The molecule has 4 N–H and O–H groups in total. The highest BCUT2D eigenvalue weighted by atomic mass is 32.1. The summed E-state index contributed by atoms with van der Waals surface area (Å²) in [5.74, 6) is 0. The zero-order chi connectivity index (χ0) is 96.3. The van der Waals surface area contributed by atoms with Crippen molar-refractivity contribution in [3.8, 4) is 100 Å². The first-order chi connectivity index (χ1) is 69.7. The van der Waals surface area contributed by atoms with Crippen LogP contribution in [0.4, 0.5) is 0 Å². The zero-order valence-corrected chi connectivity index (χ0v) is 82.5. The van der Waals surface area contributed by atoms with Crippen LogP contribution >= 0.6 is 56.7 Å². The third-order valence-corrected chi connectivity index (χ3v) is 32.4. The van der Waals surface area contributed by atoms with Gasteiger partial charge in [0.05, 0.1) is 0 Å². The van der Waals surface area contributed by atoms with Gasteiger partial charge in [0.25, 0.3) is 0 Å². The first kappa shape index (κ1) is 91.6. The molecule has 0 aliphatic carbocycles. The molecule has 12 heteroatoms. The predicted molar refractivity (Wildman–Crippen MR) is 618 cm³/mol. The van der Waals surface area contributed by atoms with Crippen LogP contribution in [0.25, 0.3) is 223 Å². The summed E-state index contributed by atoms with van der Waals surface area (Å²) in [6.45, 7) is 8.53. The number of furan rings is 1. The van der Waals surface area contributed by atoms with E-state index in [4.69, 9.17) is 4.42 Å². The molecule has 6 heterocycles. The van der Waals surface area contributed by atoms with Crippen molar-refractivity contribution in [2.75, 3.05) is 0 Å². The van der Waals surface area contributed by atoms with Crippen LogP contribution in [0.5, 0.6) is 0 Å². The van der Waals surface area contributed by atoms with Crippen LogP contribution in [0.15, 0.2) is 478 Å². The fourth-order valence-corrected chi connectivity index (χ4v) is 25.3. The van der Waals surface area contributed by atoms with Gasteiger partial charge in [-0.2, -0.15) is 0 Å². The number of thiophene rings is 5. The molecular weight excluding hydrogens is 1820 g/mol. The van der Waals surface area contributed by atoms with Gasteiger partial charge in [-0.05, 0) is 200 Å². The molecule has 0 spiro atoms. The first-order valence-corrected chi connectivity index (χ1v) is 51.7. The van der Waals surface area contributed by atoms with E-state index < -0.39 is 14.2 Å². The number of benzene rings is 21. The molecule has 0 radical (unpaired) electrons. The van der Waals surface area contributed by atoms with E-state index in [1.165, 1.54) is 195 Å². The largest absolute Gasteiger partial charge is 0.488 e. The Balaban J connectivity index is 0.0000000988. The van der Waals surface area contributed by atoms with Crippen LogP contribution in [-0.2, 0) is 0 Å². The molecule has 0 atom stereocenters. The maximum absolute atomic E-state index is 9.75. The molecular formula is C130H94B2O5S5. The van der Waals surface area contributed by atoms with Gasteiger partial charge in [0.2, 0.25) is 0 Å². The minimum atomic E-state index is -1.50. The van der Waals surface area contributed by atoms with Crippen LogP contribution in [0.1, 0.15) is 22.3 Å². The second kappa shape index (κ2) is 40.7. The lowest BCUT2D eigenvalue weighted by Crippen LogP contribution is -2.29. The minimum Gasteiger partial charge on any atom is -0.455 e. The number of aryl methyl sites for hydroxylation is 4. The second-order valence-corrected chi connectivity index (χ2v) is 41.2. The molecule has 5 nitrogen and oxygen atoms in total. The molecule has 0 amide bonds. The average Bonchev–Trinajstić information content (AvgIpc) is 1.60. The highest BCUT2D eigenvalue weighted by molar-refractivity contribution is 7.28. The van der Waals surface area contributed by atoms with E-state index in [0.29, 0.717) is 10.9 Å². The topological polar surface area (TPSA) is 94.1 Å². The molecule has 0 saturated heterocycles. The van der Waals surface area contributed by atoms with E-state index in [1.807, 2.05) is 94.7 Å². The molecule has 0 fully saturated rings. The number of hydrogen-bond donors (Lipinski definition) is 4. The Morgan fingerprint density at radius 3 is 0.965 bits per heavy atom. The van der Waals surface area contributed by atoms with E-state index in [0.717, 1.165) is 50.1 Å². The summed E-state index contributed by atoms with van der Waals surface area (Å²) in [6, 6.07) is 166. The van der Waals surface area contributed by atoms with Crippen molar-refractivity contribution in [1.29, 1.82) is 0 Å². The monoisotopic (exact) mass is 1920 g/mol. The van der Waals surface area contributed by atoms with Crippen molar-refractivity contribution in [3.05, 3.63) is 495 Å². The highest BCUT2D eigenvalue weighted by Gasteiger charge is 2.22. The Morgan fingerprint density at radius 2 is 0.472 bits per heavy atom. The van der Waals surface area contributed by atoms with Crippen molar-refractivity contribution in [3.63, 3.8) is 0 Å². The third kappa shape index (κ3) is 19.1. The lowest BCUT2D eigenvalue weighted by atomic mass is 9.79. The van der Waals surface area contributed by atoms with E-state index >= 15 is 0 Å². The lowest BCUT2D eigenvalue weighted by molar-refractivity contribution is 0.424. The lowest BCUT2D eigenvalue weighted by Gasteiger charge is -2.10. The van der Waals surface area contributed by atoms with Crippen LogP contribution in [0.2, 0.25) is 0 Å². The zero-order valence-electron chi connectivity index (χ0n) is 78.4. The van der Waals surface area contributed by atoms with Crippen molar-refractivity contribution in [1.82, 2.24) is 0 Å². The van der Waals surface area contributed by atoms with E-state index in [9.17, 15) is 20.1 Å². The van der Waals surface area contributed by atoms with Gasteiger partial charge in [-0.3, -0.25) is 0 Å². The van der Waals surface area contributed by atoms with Crippen molar-refractivity contribution in [2.24, 2.45) is 0 Å². The first-order valence-electron chi connectivity index (χ1n) is 47.6. The fourth-order valence-electron chi connectivity index (χ4n) is 19.3. The summed E-state index contributed by atoms with van der Waals surface area (Å²) in [7, 11) is -2.94. The number of hydrogen-bond acceptors (Lipinski definition) is 10. The molecule has 680 valence electrons. The van der Waals surface area contributed by atoms with Gasteiger partial charge in [0, 0.05) is 123 Å². The third-order valence-electron chi connectivity index (χ3n) is 26.3. The normalized spacial score (nSPS) is 11.2. The molecule has 0 bridgehead atoms. The Morgan fingerprint density at radius 1 is 0.169 bits per heavy atom. The van der Waals surface area contributed by atoms with Crippen LogP contribution in [0.3, 0.4) is 0 Å². The summed E-state index contributed by atoms with van der Waals surface area (Å²) < 4.78 is 19.2. The van der Waals surface area contributed by atoms with Gasteiger partial charge in [-0.25, -0.2) is 0 Å². The average molecular weight is 1920 g/mol. The van der Waals surface area contributed by atoms with Crippen LogP contribution in [0, 0.1) is 27.7 Å². The molecule has 142 heavy (non-hydrogen) atoms. The van der Waals surface area contributed by atoms with Gasteiger partial charge in [0.15, 0.2) is 0 Å². The predicted octanol–water partition coefficient (Wildman–Crippen LogP) is 35.5. The van der Waals surface area contributed by atoms with Gasteiger partial charge < -0.3 is 24.5 Å². The molecule has 27 aromatic rings. The SMILES string of the molecule is Cc1ccc(-c2cccc3c2sc2ccccc23)cc1.Cc1cccc(-c2ccc3sc4ccccc4c3c2)c1.Cc1cccc(-c2cccc(-c3cccc4c3sc3ccccc34)c2)c1.Cc1cccc(-c2cccc3c2oc2ccccc23)c1.OB(O)c1cccc(-c2cc(-c3ccccc3)cc3c2sc2ccc(-c4ccccc4)cc23)c1.OB(O)c1cccc(-c2cccc3c2sc2ccccc23)c1. The molecule has 0 saturated carbocycles.